The van der Waals surface area contributed by atoms with Gasteiger partial charge < -0.3 is 4.74 Å². The average molecular weight is 424 g/mol. The Bertz CT molecular complexity index is 1110. The number of esters is 1. The fourth-order valence-corrected chi connectivity index (χ4v) is 3.75. The predicted octanol–water partition coefficient (Wildman–Crippen LogP) is 4.28. The molecule has 0 spiro atoms. The van der Waals surface area contributed by atoms with Crippen LogP contribution in [0.1, 0.15) is 61.6 Å². The minimum absolute atomic E-state index is 0.146. The van der Waals surface area contributed by atoms with E-state index in [-0.39, 0.29) is 24.3 Å². The van der Waals surface area contributed by atoms with Crippen LogP contribution in [0.3, 0.4) is 0 Å². The first-order valence-corrected chi connectivity index (χ1v) is 10.2. The molecule has 7 nitrogen and oxygen atoms in total. The second-order valence-corrected chi connectivity index (χ2v) is 7.83. The van der Waals surface area contributed by atoms with Crippen molar-refractivity contribution in [3.8, 4) is 5.69 Å². The number of methoxy groups -OCH3 is 1. The Hall–Kier alpha value is -3.06. The van der Waals surface area contributed by atoms with Crippen LogP contribution in [-0.2, 0) is 9.53 Å². The first-order chi connectivity index (χ1) is 14.5. The lowest BCUT2D eigenvalue weighted by atomic mass is 10.0. The monoisotopic (exact) mass is 423 g/mol. The highest BCUT2D eigenvalue weighted by Gasteiger charge is 2.30. The van der Waals surface area contributed by atoms with Gasteiger partial charge >= 0.3 is 5.97 Å². The molecule has 4 rings (SSSR count). The lowest BCUT2D eigenvalue weighted by Gasteiger charge is -2.15. The summed E-state index contributed by atoms with van der Waals surface area (Å²) in [7, 11) is 1.38. The molecule has 0 saturated heterocycles. The van der Waals surface area contributed by atoms with Gasteiger partial charge in [-0.05, 0) is 36.8 Å². The Labute approximate surface area is 179 Å². The molecule has 0 aliphatic carbocycles. The molecule has 0 bridgehead atoms. The average Bonchev–Trinajstić information content (AvgIpc) is 3.14. The van der Waals surface area contributed by atoms with Gasteiger partial charge in [-0.3, -0.25) is 19.3 Å². The van der Waals surface area contributed by atoms with Crippen molar-refractivity contribution in [1.29, 1.82) is 0 Å². The topological polar surface area (TPSA) is 82.3 Å². The summed E-state index contributed by atoms with van der Waals surface area (Å²) >= 11 is 6.37. The summed E-state index contributed by atoms with van der Waals surface area (Å²) in [6, 6.07) is 11.0. The molecule has 30 heavy (non-hydrogen) atoms. The van der Waals surface area contributed by atoms with E-state index in [1.807, 2.05) is 41.0 Å². The van der Waals surface area contributed by atoms with Crippen LogP contribution in [0.25, 0.3) is 5.69 Å². The van der Waals surface area contributed by atoms with Crippen molar-refractivity contribution < 1.29 is 9.53 Å². The molecular weight excluding hydrogens is 402 g/mol. The number of carbonyl (C=O) groups is 1. The van der Waals surface area contributed by atoms with Crippen molar-refractivity contribution in [1.82, 2.24) is 19.7 Å². The Balaban J connectivity index is 1.96. The number of hydrogen-bond donors (Lipinski definition) is 0. The maximum absolute atomic E-state index is 11.8. The number of hydrogen-bond acceptors (Lipinski definition) is 6. The zero-order chi connectivity index (χ0) is 21.3. The van der Waals surface area contributed by atoms with Gasteiger partial charge in [0, 0.05) is 29.1 Å². The molecule has 1 atom stereocenters. The summed E-state index contributed by atoms with van der Waals surface area (Å²) in [6.45, 7) is 4.14. The van der Waals surface area contributed by atoms with Crippen molar-refractivity contribution in [2.24, 2.45) is 4.99 Å². The Morgan fingerprint density at radius 2 is 2.07 bits per heavy atom. The van der Waals surface area contributed by atoms with Gasteiger partial charge in [0.05, 0.1) is 24.2 Å². The molecule has 8 heteroatoms. The summed E-state index contributed by atoms with van der Waals surface area (Å²) in [5.41, 5.74) is 3.19. The van der Waals surface area contributed by atoms with Gasteiger partial charge in [0.15, 0.2) is 5.82 Å². The number of ether oxygens (including phenoxy) is 1. The molecule has 3 aromatic rings. The summed E-state index contributed by atoms with van der Waals surface area (Å²) in [4.78, 5) is 21.4. The van der Waals surface area contributed by atoms with E-state index in [1.165, 1.54) is 7.11 Å². The highest BCUT2D eigenvalue weighted by atomic mass is 35.5. The lowest BCUT2D eigenvalue weighted by molar-refractivity contribution is -0.140. The fraction of sp³-hybridized carbons (Fsp3) is 0.318. The number of aromatic nitrogens is 4. The van der Waals surface area contributed by atoms with Gasteiger partial charge in [-0.15, -0.1) is 10.2 Å². The number of pyridine rings is 1. The van der Waals surface area contributed by atoms with Crippen LogP contribution in [0.4, 0.5) is 0 Å². The van der Waals surface area contributed by atoms with Crippen LogP contribution in [0, 0.1) is 0 Å². The van der Waals surface area contributed by atoms with Gasteiger partial charge in [-0.1, -0.05) is 31.5 Å². The molecule has 154 valence electrons. The van der Waals surface area contributed by atoms with Crippen molar-refractivity contribution in [3.63, 3.8) is 0 Å². The highest BCUT2D eigenvalue weighted by molar-refractivity contribution is 6.31. The van der Waals surface area contributed by atoms with Crippen LogP contribution >= 0.6 is 11.6 Å². The van der Waals surface area contributed by atoms with Gasteiger partial charge in [-0.2, -0.15) is 0 Å². The molecule has 0 N–H and O–H groups in total. The molecular formula is C22H22ClN5O2. The van der Waals surface area contributed by atoms with Crippen LogP contribution in [0.5, 0.6) is 0 Å². The molecule has 3 heterocycles. The molecule has 0 saturated carbocycles. The smallest absolute Gasteiger partial charge is 0.305 e. The minimum atomic E-state index is -0.382. The van der Waals surface area contributed by atoms with Crippen LogP contribution in [0.2, 0.25) is 5.02 Å². The first-order valence-electron chi connectivity index (χ1n) is 9.81. The molecule has 1 aliphatic heterocycles. The van der Waals surface area contributed by atoms with E-state index in [0.717, 1.165) is 22.8 Å². The van der Waals surface area contributed by atoms with E-state index in [1.54, 1.807) is 6.20 Å². The number of benzene rings is 1. The number of rotatable bonds is 5. The Morgan fingerprint density at radius 1 is 1.23 bits per heavy atom. The van der Waals surface area contributed by atoms with Crippen LogP contribution in [0.15, 0.2) is 47.6 Å². The highest BCUT2D eigenvalue weighted by Crippen LogP contribution is 2.35. The number of fused-ring (bicyclic) bond motifs is 3. The number of aliphatic imine (C=N–C) groups is 1. The first kappa shape index (κ1) is 20.2. The molecule has 0 amide bonds. The zero-order valence-corrected chi connectivity index (χ0v) is 17.8. The van der Waals surface area contributed by atoms with Gasteiger partial charge in [0.25, 0.3) is 0 Å². The standard InChI is InChI=1S/C22H22ClN5O2/c1-13(2)21-26-27-22-17(8-10-19(29)30-3)25-20(16-6-4-5-11-24-16)15-12-14(23)7-9-18(15)28(21)22/h4-7,9,11-13,17H,8,10H2,1-3H3/t17-/m0/s1. The maximum atomic E-state index is 11.8. The van der Waals surface area contributed by atoms with E-state index in [4.69, 9.17) is 21.3 Å². The third-order valence-electron chi connectivity index (χ3n) is 5.02. The quantitative estimate of drug-likeness (QED) is 0.572. The van der Waals surface area contributed by atoms with Crippen molar-refractivity contribution in [2.75, 3.05) is 7.11 Å². The fourth-order valence-electron chi connectivity index (χ4n) is 3.58. The summed E-state index contributed by atoms with van der Waals surface area (Å²) in [5, 5.41) is 9.51. The second kappa shape index (κ2) is 8.36. The predicted molar refractivity (Wildman–Crippen MR) is 114 cm³/mol. The largest absolute Gasteiger partial charge is 0.469 e. The molecule has 1 aliphatic rings. The van der Waals surface area contributed by atoms with E-state index in [2.05, 4.69) is 29.0 Å². The SMILES string of the molecule is COC(=O)CC[C@@H]1N=C(c2ccccn2)c2cc(Cl)ccc2-n2c(C(C)C)nnc21. The van der Waals surface area contributed by atoms with Crippen LogP contribution in [-0.4, -0.2) is 38.5 Å². The van der Waals surface area contributed by atoms with E-state index < -0.39 is 0 Å². The Kier molecular flexibility index (Phi) is 5.63. The summed E-state index contributed by atoms with van der Waals surface area (Å²) in [6.07, 6.45) is 2.40. The van der Waals surface area contributed by atoms with Crippen molar-refractivity contribution in [2.45, 2.75) is 38.6 Å². The van der Waals surface area contributed by atoms with E-state index >= 15 is 0 Å². The van der Waals surface area contributed by atoms with E-state index in [0.29, 0.717) is 23.0 Å². The number of halogens is 1. The third-order valence-corrected chi connectivity index (χ3v) is 5.26. The zero-order valence-electron chi connectivity index (χ0n) is 17.0. The maximum Gasteiger partial charge on any atom is 0.305 e. The van der Waals surface area contributed by atoms with Gasteiger partial charge in [-0.25, -0.2) is 0 Å². The number of carbonyl (C=O) groups excluding carboxylic acids is 1. The molecule has 0 radical (unpaired) electrons. The molecule has 0 fully saturated rings. The van der Waals surface area contributed by atoms with Crippen molar-refractivity contribution in [3.05, 3.63) is 70.5 Å². The normalized spacial score (nSPS) is 15.2. The lowest BCUT2D eigenvalue weighted by Crippen LogP contribution is -2.11. The third kappa shape index (κ3) is 3.73. The summed E-state index contributed by atoms with van der Waals surface area (Å²) < 4.78 is 6.87. The van der Waals surface area contributed by atoms with Gasteiger partial charge in [0.2, 0.25) is 0 Å². The number of nitrogens with zero attached hydrogens (tertiary/aromatic N) is 5. The second-order valence-electron chi connectivity index (χ2n) is 7.39. The van der Waals surface area contributed by atoms with Crippen LogP contribution < -0.4 is 0 Å². The minimum Gasteiger partial charge on any atom is -0.469 e. The molecule has 2 aromatic heterocycles. The Morgan fingerprint density at radius 3 is 2.77 bits per heavy atom. The van der Waals surface area contributed by atoms with Crippen molar-refractivity contribution >= 4 is 23.3 Å². The molecule has 0 unspecified atom stereocenters. The van der Waals surface area contributed by atoms with E-state index in [9.17, 15) is 4.79 Å². The summed E-state index contributed by atoms with van der Waals surface area (Å²) in [5.74, 6) is 1.38. The molecule has 1 aromatic carbocycles. The van der Waals surface area contributed by atoms with Gasteiger partial charge in [0.1, 0.15) is 11.9 Å².